The maximum atomic E-state index is 14.5. The topological polar surface area (TPSA) is 130 Å². The predicted octanol–water partition coefficient (Wildman–Crippen LogP) is 5.39. The van der Waals surface area contributed by atoms with E-state index in [-0.39, 0.29) is 29.5 Å². The van der Waals surface area contributed by atoms with Crippen LogP contribution >= 0.6 is 11.6 Å². The summed E-state index contributed by atoms with van der Waals surface area (Å²) in [6, 6.07) is 11.6. The maximum Gasteiger partial charge on any atom is 0.331 e. The number of likely N-dealkylation sites (N-methyl/N-ethyl adjacent to an activating group) is 1. The molecule has 0 radical (unpaired) electrons. The van der Waals surface area contributed by atoms with Gasteiger partial charge in [0.25, 0.3) is 0 Å². The minimum atomic E-state index is -0.529. The lowest BCUT2D eigenvalue weighted by Crippen LogP contribution is -2.49. The van der Waals surface area contributed by atoms with Crippen LogP contribution in [-0.2, 0) is 18.4 Å². The first-order valence-corrected chi connectivity index (χ1v) is 14.8. The quantitative estimate of drug-likeness (QED) is 0.206. The molecule has 2 N–H and O–H groups in total. The monoisotopic (exact) mass is 645 g/mol. The van der Waals surface area contributed by atoms with E-state index in [4.69, 9.17) is 26.1 Å². The number of urea groups is 1. The van der Waals surface area contributed by atoms with Crippen molar-refractivity contribution in [1.29, 1.82) is 0 Å². The van der Waals surface area contributed by atoms with E-state index in [1.807, 2.05) is 51.2 Å². The summed E-state index contributed by atoms with van der Waals surface area (Å²) in [6.45, 7) is 2.68. The number of nitrogens with one attached hydrogen (secondary N) is 2. The van der Waals surface area contributed by atoms with Gasteiger partial charge in [0.2, 0.25) is 11.9 Å². The third-order valence-corrected chi connectivity index (χ3v) is 7.67. The Balaban J connectivity index is 1.54. The van der Waals surface area contributed by atoms with Crippen molar-refractivity contribution in [3.63, 3.8) is 0 Å². The summed E-state index contributed by atoms with van der Waals surface area (Å²) >= 11 is 6.76. The molecule has 0 fully saturated rings. The molecule has 1 aliphatic heterocycles. The minimum Gasteiger partial charge on any atom is -0.497 e. The number of amides is 3. The third kappa shape index (κ3) is 7.05. The second-order valence-corrected chi connectivity index (χ2v) is 11.3. The molecular formula is C32H36ClN9O4. The molecule has 5 rings (SSSR count). The van der Waals surface area contributed by atoms with Crippen molar-refractivity contribution >= 4 is 52.5 Å². The molecule has 13 nitrogen and oxygen atoms in total. The molecule has 1 atom stereocenters. The van der Waals surface area contributed by atoms with E-state index in [0.717, 1.165) is 5.56 Å². The van der Waals surface area contributed by atoms with Crippen molar-refractivity contribution in [3.05, 3.63) is 83.2 Å². The van der Waals surface area contributed by atoms with Crippen LogP contribution in [0.5, 0.6) is 11.5 Å². The van der Waals surface area contributed by atoms with Gasteiger partial charge >= 0.3 is 6.03 Å². The molecule has 1 unspecified atom stereocenters. The van der Waals surface area contributed by atoms with Crippen molar-refractivity contribution in [1.82, 2.24) is 24.6 Å². The molecule has 0 aliphatic carbocycles. The molecule has 240 valence electrons. The number of halogens is 1. The molecule has 0 saturated heterocycles. The van der Waals surface area contributed by atoms with Gasteiger partial charge in [0.05, 0.1) is 32.5 Å². The van der Waals surface area contributed by atoms with Crippen LogP contribution < -0.4 is 29.9 Å². The second-order valence-electron chi connectivity index (χ2n) is 10.9. The van der Waals surface area contributed by atoms with Gasteiger partial charge in [-0.15, -0.1) is 0 Å². The number of rotatable bonds is 11. The van der Waals surface area contributed by atoms with Crippen LogP contribution in [0.2, 0.25) is 5.02 Å². The molecule has 0 saturated carbocycles. The smallest absolute Gasteiger partial charge is 0.331 e. The number of methoxy groups -OCH3 is 2. The Labute approximate surface area is 272 Å². The summed E-state index contributed by atoms with van der Waals surface area (Å²) in [5.41, 5.74) is 2.45. The standard InChI is InChI=1S/C32H36ClN9O4/c1-20(21-9-7-10-23(15-21)35-28(43)11-8-13-39(2)3)42-30-22(18-34-31(37-30)36-27-12-14-40(4)38-27)19-41(32(42)44)25-16-24(45-5)17-26(46-6)29(25)33/h7-12,14-18,20H,13,19H2,1-6H3,(H,35,43)(H,34,36,37,38)/b11-8+. The Hall–Kier alpha value is -5.14. The molecule has 2 aromatic carbocycles. The molecule has 46 heavy (non-hydrogen) atoms. The highest BCUT2D eigenvalue weighted by molar-refractivity contribution is 6.35. The Morgan fingerprint density at radius 2 is 1.98 bits per heavy atom. The van der Waals surface area contributed by atoms with E-state index in [0.29, 0.717) is 46.6 Å². The molecule has 4 aromatic rings. The Morgan fingerprint density at radius 3 is 2.67 bits per heavy atom. The van der Waals surface area contributed by atoms with Gasteiger partial charge in [-0.3, -0.25) is 19.3 Å². The molecule has 14 heteroatoms. The van der Waals surface area contributed by atoms with Crippen molar-refractivity contribution in [2.24, 2.45) is 7.05 Å². The summed E-state index contributed by atoms with van der Waals surface area (Å²) in [5, 5.41) is 10.6. The van der Waals surface area contributed by atoms with Gasteiger partial charge in [0.15, 0.2) is 5.82 Å². The van der Waals surface area contributed by atoms with E-state index in [1.165, 1.54) is 20.3 Å². The van der Waals surface area contributed by atoms with Gasteiger partial charge in [-0.2, -0.15) is 10.1 Å². The fourth-order valence-corrected chi connectivity index (χ4v) is 5.26. The van der Waals surface area contributed by atoms with Crippen LogP contribution in [-0.4, -0.2) is 71.4 Å². The number of nitrogens with zero attached hydrogens (tertiary/aromatic N) is 7. The zero-order chi connectivity index (χ0) is 33.0. The summed E-state index contributed by atoms with van der Waals surface area (Å²) in [6.07, 6.45) is 6.76. The lowest BCUT2D eigenvalue weighted by molar-refractivity contribution is -0.111. The highest BCUT2D eigenvalue weighted by Crippen LogP contribution is 2.43. The number of hydrogen-bond donors (Lipinski definition) is 2. The SMILES string of the molecule is COc1cc(OC)c(Cl)c(N2Cc3cnc(Nc4ccn(C)n4)nc3N(C(C)c3cccc(NC(=O)/C=C/CN(C)C)c3)C2=O)c1. The van der Waals surface area contributed by atoms with Gasteiger partial charge in [-0.05, 0) is 38.7 Å². The minimum absolute atomic E-state index is 0.146. The van der Waals surface area contributed by atoms with E-state index in [1.54, 1.807) is 57.2 Å². The molecule has 3 amide bonds. The highest BCUT2D eigenvalue weighted by Gasteiger charge is 2.38. The van der Waals surface area contributed by atoms with Crippen molar-refractivity contribution in [2.75, 3.05) is 55.3 Å². The van der Waals surface area contributed by atoms with E-state index in [9.17, 15) is 9.59 Å². The molecular weight excluding hydrogens is 610 g/mol. The van der Waals surface area contributed by atoms with Crippen molar-refractivity contribution < 1.29 is 19.1 Å². The number of benzene rings is 2. The van der Waals surface area contributed by atoms with Crippen LogP contribution in [0.3, 0.4) is 0 Å². The number of fused-ring (bicyclic) bond motifs is 1. The first-order chi connectivity index (χ1) is 22.1. The first kappa shape index (κ1) is 32.3. The average molecular weight is 646 g/mol. The number of carbonyl (C=O) groups is 2. The molecule has 0 spiro atoms. The Morgan fingerprint density at radius 1 is 1.17 bits per heavy atom. The average Bonchev–Trinajstić information content (AvgIpc) is 3.44. The summed E-state index contributed by atoms with van der Waals surface area (Å²) in [7, 11) is 8.69. The Bertz CT molecular complexity index is 1770. The fourth-order valence-electron chi connectivity index (χ4n) is 4.97. The number of anilines is 5. The van der Waals surface area contributed by atoms with Gasteiger partial charge in [-0.25, -0.2) is 9.78 Å². The second kappa shape index (κ2) is 13.9. The fraction of sp³-hybridized carbons (Fsp3) is 0.281. The van der Waals surface area contributed by atoms with Crippen molar-refractivity contribution in [2.45, 2.75) is 19.5 Å². The van der Waals surface area contributed by atoms with Crippen LogP contribution in [0.25, 0.3) is 0 Å². The van der Waals surface area contributed by atoms with Gasteiger partial charge in [-0.1, -0.05) is 29.8 Å². The number of carbonyl (C=O) groups excluding carboxylic acids is 2. The molecule has 0 bridgehead atoms. The van der Waals surface area contributed by atoms with Crippen LogP contribution in [0.1, 0.15) is 24.1 Å². The largest absolute Gasteiger partial charge is 0.497 e. The van der Waals surface area contributed by atoms with Gasteiger partial charge < -0.3 is 25.0 Å². The van der Waals surface area contributed by atoms with Crippen LogP contribution in [0.15, 0.2) is 67.0 Å². The number of aromatic nitrogens is 4. The van der Waals surface area contributed by atoms with Gasteiger partial charge in [0, 0.05) is 61.5 Å². The van der Waals surface area contributed by atoms with Crippen molar-refractivity contribution in [3.8, 4) is 11.5 Å². The zero-order valence-corrected chi connectivity index (χ0v) is 27.2. The van der Waals surface area contributed by atoms with Crippen LogP contribution in [0, 0.1) is 0 Å². The predicted molar refractivity (Wildman–Crippen MR) is 178 cm³/mol. The van der Waals surface area contributed by atoms with E-state index in [2.05, 4.69) is 20.7 Å². The van der Waals surface area contributed by atoms with E-state index >= 15 is 0 Å². The third-order valence-electron chi connectivity index (χ3n) is 7.29. The highest BCUT2D eigenvalue weighted by atomic mass is 35.5. The van der Waals surface area contributed by atoms with Crippen LogP contribution in [0.4, 0.5) is 33.8 Å². The molecule has 1 aliphatic rings. The normalized spacial score (nSPS) is 13.6. The lowest BCUT2D eigenvalue weighted by atomic mass is 10.0. The molecule has 2 aromatic heterocycles. The summed E-state index contributed by atoms with van der Waals surface area (Å²) < 4.78 is 12.6. The first-order valence-electron chi connectivity index (χ1n) is 14.4. The number of ether oxygens (including phenoxy) is 2. The molecule has 3 heterocycles. The summed E-state index contributed by atoms with van der Waals surface area (Å²) in [4.78, 5) is 41.4. The maximum absolute atomic E-state index is 14.5. The zero-order valence-electron chi connectivity index (χ0n) is 26.5. The summed E-state index contributed by atoms with van der Waals surface area (Å²) in [5.74, 6) is 1.85. The number of hydrogen-bond acceptors (Lipinski definition) is 9. The Kier molecular flexibility index (Phi) is 9.73. The lowest BCUT2D eigenvalue weighted by Gasteiger charge is -2.39. The van der Waals surface area contributed by atoms with Gasteiger partial charge in [0.1, 0.15) is 22.3 Å². The number of aryl methyl sites for hydroxylation is 1. The van der Waals surface area contributed by atoms with E-state index < -0.39 is 6.04 Å².